The molecule has 1 aliphatic rings. The summed E-state index contributed by atoms with van der Waals surface area (Å²) in [6.45, 7) is -0.00590. The number of benzene rings is 1. The Hall–Kier alpha value is -0.910. The highest BCUT2D eigenvalue weighted by Crippen LogP contribution is 2.31. The number of hydrogen-bond acceptors (Lipinski definition) is 3. The van der Waals surface area contributed by atoms with Gasteiger partial charge >= 0.3 is 0 Å². The fourth-order valence-electron chi connectivity index (χ4n) is 2.39. The standard InChI is InChI=1S/C14H19BrN2O2/c15-11-1-3-12(4-2-11)17-13(19)10-5-7-14(16,9-18)8-6-10/h1-4,10,18H,5-9,16H2,(H,17,19). The van der Waals surface area contributed by atoms with E-state index in [-0.39, 0.29) is 18.4 Å². The molecule has 0 bridgehead atoms. The van der Waals surface area contributed by atoms with Crippen LogP contribution < -0.4 is 11.1 Å². The van der Waals surface area contributed by atoms with E-state index in [0.717, 1.165) is 23.0 Å². The van der Waals surface area contributed by atoms with Crippen molar-refractivity contribution in [1.29, 1.82) is 0 Å². The molecule has 0 aromatic heterocycles. The van der Waals surface area contributed by atoms with Crippen molar-refractivity contribution in [1.82, 2.24) is 0 Å². The van der Waals surface area contributed by atoms with Gasteiger partial charge in [-0.05, 0) is 49.9 Å². The number of anilines is 1. The lowest BCUT2D eigenvalue weighted by molar-refractivity contribution is -0.121. The second kappa shape index (κ2) is 6.03. The predicted octanol–water partition coefficient (Wildman–Crippen LogP) is 2.27. The number of carbonyl (C=O) groups excluding carboxylic acids is 1. The lowest BCUT2D eigenvalue weighted by atomic mass is 9.77. The lowest BCUT2D eigenvalue weighted by Crippen LogP contribution is -2.47. The average Bonchev–Trinajstić information content (AvgIpc) is 2.42. The van der Waals surface area contributed by atoms with Gasteiger partial charge in [0.1, 0.15) is 0 Å². The van der Waals surface area contributed by atoms with Gasteiger partial charge in [0, 0.05) is 21.6 Å². The van der Waals surface area contributed by atoms with Crippen LogP contribution in [0, 0.1) is 5.92 Å². The highest BCUT2D eigenvalue weighted by atomic mass is 79.9. The van der Waals surface area contributed by atoms with Gasteiger partial charge in [0.2, 0.25) is 5.91 Å². The van der Waals surface area contributed by atoms with Crippen LogP contribution in [-0.2, 0) is 4.79 Å². The van der Waals surface area contributed by atoms with Crippen molar-refractivity contribution in [3.8, 4) is 0 Å². The van der Waals surface area contributed by atoms with Crippen LogP contribution in [0.1, 0.15) is 25.7 Å². The van der Waals surface area contributed by atoms with Crippen molar-refractivity contribution in [2.45, 2.75) is 31.2 Å². The molecule has 104 valence electrons. The van der Waals surface area contributed by atoms with Gasteiger partial charge in [-0.1, -0.05) is 15.9 Å². The SMILES string of the molecule is NC1(CO)CCC(C(=O)Nc2ccc(Br)cc2)CC1. The van der Waals surface area contributed by atoms with Crippen molar-refractivity contribution in [3.63, 3.8) is 0 Å². The van der Waals surface area contributed by atoms with Crippen LogP contribution in [0.5, 0.6) is 0 Å². The Morgan fingerprint density at radius 3 is 2.47 bits per heavy atom. The molecule has 1 aliphatic carbocycles. The lowest BCUT2D eigenvalue weighted by Gasteiger charge is -2.35. The average molecular weight is 327 g/mol. The number of aliphatic hydroxyl groups is 1. The Morgan fingerprint density at radius 2 is 1.95 bits per heavy atom. The van der Waals surface area contributed by atoms with Crippen LogP contribution in [0.25, 0.3) is 0 Å². The van der Waals surface area contributed by atoms with Gasteiger partial charge in [0.05, 0.1) is 6.61 Å². The summed E-state index contributed by atoms with van der Waals surface area (Å²) in [5.41, 5.74) is 6.32. The topological polar surface area (TPSA) is 75.3 Å². The highest BCUT2D eigenvalue weighted by molar-refractivity contribution is 9.10. The summed E-state index contributed by atoms with van der Waals surface area (Å²) in [6.07, 6.45) is 2.86. The third-order valence-electron chi connectivity index (χ3n) is 3.78. The largest absolute Gasteiger partial charge is 0.394 e. The Balaban J connectivity index is 1.89. The minimum Gasteiger partial charge on any atom is -0.394 e. The number of nitrogens with one attached hydrogen (secondary N) is 1. The summed E-state index contributed by atoms with van der Waals surface area (Å²) < 4.78 is 0.985. The second-order valence-corrected chi connectivity index (χ2v) is 6.21. The monoisotopic (exact) mass is 326 g/mol. The predicted molar refractivity (Wildman–Crippen MR) is 78.7 cm³/mol. The Morgan fingerprint density at radius 1 is 1.37 bits per heavy atom. The zero-order chi connectivity index (χ0) is 13.9. The van der Waals surface area contributed by atoms with E-state index in [0.29, 0.717) is 12.8 Å². The van der Waals surface area contributed by atoms with Gasteiger partial charge in [0.25, 0.3) is 0 Å². The second-order valence-electron chi connectivity index (χ2n) is 5.29. The number of rotatable bonds is 3. The maximum atomic E-state index is 12.1. The first-order valence-electron chi connectivity index (χ1n) is 6.49. The molecule has 5 heteroatoms. The number of carbonyl (C=O) groups is 1. The van der Waals surface area contributed by atoms with Crippen LogP contribution in [0.2, 0.25) is 0 Å². The van der Waals surface area contributed by atoms with E-state index in [9.17, 15) is 9.90 Å². The third kappa shape index (κ3) is 3.78. The maximum Gasteiger partial charge on any atom is 0.227 e. The molecular formula is C14H19BrN2O2. The summed E-state index contributed by atoms with van der Waals surface area (Å²) in [7, 11) is 0. The normalized spacial score (nSPS) is 27.0. The van der Waals surface area contributed by atoms with Crippen LogP contribution in [0.3, 0.4) is 0 Å². The van der Waals surface area contributed by atoms with E-state index in [4.69, 9.17) is 5.73 Å². The fourth-order valence-corrected chi connectivity index (χ4v) is 2.65. The van der Waals surface area contributed by atoms with Crippen molar-refractivity contribution < 1.29 is 9.90 Å². The fraction of sp³-hybridized carbons (Fsp3) is 0.500. The summed E-state index contributed by atoms with van der Waals surface area (Å²) in [5, 5.41) is 12.1. The molecule has 1 fully saturated rings. The first-order valence-corrected chi connectivity index (χ1v) is 7.28. The van der Waals surface area contributed by atoms with E-state index >= 15 is 0 Å². The van der Waals surface area contributed by atoms with Crippen molar-refractivity contribution in [3.05, 3.63) is 28.7 Å². The van der Waals surface area contributed by atoms with Gasteiger partial charge in [-0.3, -0.25) is 4.79 Å². The molecule has 1 saturated carbocycles. The Bertz CT molecular complexity index is 439. The number of nitrogens with two attached hydrogens (primary N) is 1. The number of halogens is 1. The molecule has 1 aromatic carbocycles. The van der Waals surface area contributed by atoms with Gasteiger partial charge in [0.15, 0.2) is 0 Å². The van der Waals surface area contributed by atoms with E-state index in [1.807, 2.05) is 24.3 Å². The van der Waals surface area contributed by atoms with Crippen molar-refractivity contribution >= 4 is 27.5 Å². The summed E-state index contributed by atoms with van der Waals surface area (Å²) in [4.78, 5) is 12.1. The minimum atomic E-state index is -0.492. The molecule has 19 heavy (non-hydrogen) atoms. The molecule has 0 heterocycles. The zero-order valence-electron chi connectivity index (χ0n) is 10.7. The van der Waals surface area contributed by atoms with Gasteiger partial charge in [-0.2, -0.15) is 0 Å². The maximum absolute atomic E-state index is 12.1. The summed E-state index contributed by atoms with van der Waals surface area (Å²) in [5.74, 6) is 0.0363. The molecule has 1 amide bonds. The first-order chi connectivity index (χ1) is 9.02. The molecule has 4 N–H and O–H groups in total. The van der Waals surface area contributed by atoms with Gasteiger partial charge in [-0.15, -0.1) is 0 Å². The molecule has 0 saturated heterocycles. The molecule has 1 aromatic rings. The zero-order valence-corrected chi connectivity index (χ0v) is 12.3. The molecular weight excluding hydrogens is 308 g/mol. The minimum absolute atomic E-state index is 0.00590. The van der Waals surface area contributed by atoms with E-state index in [1.54, 1.807) is 0 Å². The first kappa shape index (κ1) is 14.5. The number of amides is 1. The summed E-state index contributed by atoms with van der Waals surface area (Å²) in [6, 6.07) is 7.53. The smallest absolute Gasteiger partial charge is 0.227 e. The molecule has 0 atom stereocenters. The quantitative estimate of drug-likeness (QED) is 0.797. The van der Waals surface area contributed by atoms with Crippen LogP contribution >= 0.6 is 15.9 Å². The summed E-state index contributed by atoms with van der Waals surface area (Å²) >= 11 is 3.36. The van der Waals surface area contributed by atoms with Gasteiger partial charge < -0.3 is 16.2 Å². The highest BCUT2D eigenvalue weighted by Gasteiger charge is 2.33. The number of hydrogen-bond donors (Lipinski definition) is 3. The molecule has 0 unspecified atom stereocenters. The van der Waals surface area contributed by atoms with Crippen molar-refractivity contribution in [2.75, 3.05) is 11.9 Å². The van der Waals surface area contributed by atoms with Crippen LogP contribution in [-0.4, -0.2) is 23.2 Å². The Kier molecular flexibility index (Phi) is 4.60. The Labute approximate surface area is 121 Å². The molecule has 0 aliphatic heterocycles. The van der Waals surface area contributed by atoms with Crippen LogP contribution in [0.15, 0.2) is 28.7 Å². The van der Waals surface area contributed by atoms with Crippen LogP contribution in [0.4, 0.5) is 5.69 Å². The molecule has 0 radical (unpaired) electrons. The van der Waals surface area contributed by atoms with E-state index in [2.05, 4.69) is 21.2 Å². The third-order valence-corrected chi connectivity index (χ3v) is 4.31. The van der Waals surface area contributed by atoms with Crippen molar-refractivity contribution in [2.24, 2.45) is 11.7 Å². The molecule has 4 nitrogen and oxygen atoms in total. The van der Waals surface area contributed by atoms with E-state index < -0.39 is 5.54 Å². The van der Waals surface area contributed by atoms with Gasteiger partial charge in [-0.25, -0.2) is 0 Å². The molecule has 2 rings (SSSR count). The number of aliphatic hydroxyl groups excluding tert-OH is 1. The van der Waals surface area contributed by atoms with E-state index in [1.165, 1.54) is 0 Å². The molecule has 0 spiro atoms.